The molecular formula is C23H17F3N6. The Balaban J connectivity index is 1.55. The second kappa shape index (κ2) is 7.52. The van der Waals surface area contributed by atoms with Gasteiger partial charge in [-0.05, 0) is 54.4 Å². The lowest BCUT2D eigenvalue weighted by Crippen LogP contribution is -2.07. The highest BCUT2D eigenvalue weighted by atomic mass is 19.1. The van der Waals surface area contributed by atoms with Crippen molar-refractivity contribution in [3.05, 3.63) is 90.1 Å². The molecule has 0 saturated carbocycles. The molecule has 3 aromatic heterocycles. The minimum absolute atomic E-state index is 0.102. The van der Waals surface area contributed by atoms with Crippen molar-refractivity contribution in [2.75, 3.05) is 5.73 Å². The fourth-order valence-electron chi connectivity index (χ4n) is 3.68. The third-order valence-electron chi connectivity index (χ3n) is 5.40. The molecule has 0 aliphatic carbocycles. The molecule has 0 fully saturated rings. The number of benzene rings is 2. The largest absolute Gasteiger partial charge is 0.366 e. The quantitative estimate of drug-likeness (QED) is 0.438. The van der Waals surface area contributed by atoms with Gasteiger partial charge in [0.05, 0.1) is 17.8 Å². The van der Waals surface area contributed by atoms with Gasteiger partial charge in [0.1, 0.15) is 17.5 Å². The third-order valence-corrected chi connectivity index (χ3v) is 5.40. The van der Waals surface area contributed by atoms with Crippen LogP contribution in [-0.4, -0.2) is 24.4 Å². The van der Waals surface area contributed by atoms with Gasteiger partial charge in [0.2, 0.25) is 5.95 Å². The van der Waals surface area contributed by atoms with Gasteiger partial charge < -0.3 is 5.73 Å². The number of anilines is 1. The first-order chi connectivity index (χ1) is 15.4. The summed E-state index contributed by atoms with van der Waals surface area (Å²) in [7, 11) is 0. The smallest absolute Gasteiger partial charge is 0.240 e. The van der Waals surface area contributed by atoms with Gasteiger partial charge in [-0.2, -0.15) is 10.1 Å². The molecule has 1 atom stereocenters. The SMILES string of the molecule is CC(c1ccc(F)cc1)n1cc(-c2c(F)ccc(-c3ccn4nc(N)nc4c3)c2F)cn1. The van der Waals surface area contributed by atoms with E-state index in [-0.39, 0.29) is 28.9 Å². The lowest BCUT2D eigenvalue weighted by atomic mass is 9.99. The van der Waals surface area contributed by atoms with E-state index in [1.165, 1.54) is 35.0 Å². The number of nitrogens with two attached hydrogens (primary N) is 1. The predicted octanol–water partition coefficient (Wildman–Crippen LogP) is 4.87. The summed E-state index contributed by atoms with van der Waals surface area (Å²) in [5.74, 6) is -1.65. The highest BCUT2D eigenvalue weighted by Gasteiger charge is 2.20. The van der Waals surface area contributed by atoms with E-state index in [2.05, 4.69) is 15.2 Å². The van der Waals surface area contributed by atoms with Crippen LogP contribution in [0.3, 0.4) is 0 Å². The summed E-state index contributed by atoms with van der Waals surface area (Å²) in [4.78, 5) is 4.08. The maximum atomic E-state index is 15.5. The average Bonchev–Trinajstić information content (AvgIpc) is 3.39. The van der Waals surface area contributed by atoms with Crippen molar-refractivity contribution in [1.82, 2.24) is 24.4 Å². The maximum absolute atomic E-state index is 15.5. The Morgan fingerprint density at radius 2 is 1.75 bits per heavy atom. The van der Waals surface area contributed by atoms with E-state index in [1.807, 2.05) is 6.92 Å². The number of nitrogen functional groups attached to an aromatic ring is 1. The Kier molecular flexibility index (Phi) is 4.66. The molecule has 0 radical (unpaired) electrons. The van der Waals surface area contributed by atoms with Gasteiger partial charge in [-0.25, -0.2) is 17.7 Å². The van der Waals surface area contributed by atoms with Gasteiger partial charge in [-0.15, -0.1) is 5.10 Å². The number of halogens is 3. The first kappa shape index (κ1) is 19.8. The number of fused-ring (bicyclic) bond motifs is 1. The van der Waals surface area contributed by atoms with E-state index >= 15 is 4.39 Å². The highest BCUT2D eigenvalue weighted by molar-refractivity contribution is 5.75. The number of rotatable bonds is 4. The van der Waals surface area contributed by atoms with Crippen LogP contribution in [0.5, 0.6) is 0 Å². The van der Waals surface area contributed by atoms with Crippen molar-refractivity contribution in [1.29, 1.82) is 0 Å². The lowest BCUT2D eigenvalue weighted by Gasteiger charge is -2.12. The van der Waals surface area contributed by atoms with Crippen molar-refractivity contribution in [3.8, 4) is 22.3 Å². The summed E-state index contributed by atoms with van der Waals surface area (Å²) in [6.07, 6.45) is 4.59. The molecule has 0 aliphatic heterocycles. The lowest BCUT2D eigenvalue weighted by molar-refractivity contribution is 0.561. The highest BCUT2D eigenvalue weighted by Crippen LogP contribution is 2.34. The molecule has 6 nitrogen and oxygen atoms in total. The zero-order valence-corrected chi connectivity index (χ0v) is 16.9. The van der Waals surface area contributed by atoms with Crippen LogP contribution in [0.2, 0.25) is 0 Å². The minimum atomic E-state index is -0.712. The van der Waals surface area contributed by atoms with E-state index in [0.717, 1.165) is 5.56 Å². The zero-order valence-electron chi connectivity index (χ0n) is 16.9. The number of nitrogens with zero attached hydrogens (tertiary/aromatic N) is 5. The molecule has 5 rings (SSSR count). The van der Waals surface area contributed by atoms with Crippen LogP contribution < -0.4 is 5.73 Å². The molecule has 9 heteroatoms. The topological polar surface area (TPSA) is 74.0 Å². The normalized spacial score (nSPS) is 12.4. The average molecular weight is 434 g/mol. The first-order valence-corrected chi connectivity index (χ1v) is 9.81. The Bertz CT molecular complexity index is 1440. The van der Waals surface area contributed by atoms with Gasteiger partial charge >= 0.3 is 0 Å². The van der Waals surface area contributed by atoms with E-state index in [0.29, 0.717) is 16.8 Å². The van der Waals surface area contributed by atoms with Gasteiger partial charge in [0, 0.05) is 23.5 Å². The van der Waals surface area contributed by atoms with Gasteiger partial charge in [0.25, 0.3) is 0 Å². The summed E-state index contributed by atoms with van der Waals surface area (Å²) >= 11 is 0. The van der Waals surface area contributed by atoms with E-state index in [9.17, 15) is 8.78 Å². The number of hydrogen-bond acceptors (Lipinski definition) is 4. The van der Waals surface area contributed by atoms with Gasteiger partial charge in [0.15, 0.2) is 5.65 Å². The molecule has 0 amide bonds. The van der Waals surface area contributed by atoms with Crippen molar-refractivity contribution in [2.45, 2.75) is 13.0 Å². The van der Waals surface area contributed by atoms with E-state index in [4.69, 9.17) is 5.73 Å². The van der Waals surface area contributed by atoms with Crippen molar-refractivity contribution in [2.24, 2.45) is 0 Å². The Labute approximate surface area is 180 Å². The van der Waals surface area contributed by atoms with Crippen LogP contribution in [0.25, 0.3) is 27.9 Å². The first-order valence-electron chi connectivity index (χ1n) is 9.81. The van der Waals surface area contributed by atoms with Crippen molar-refractivity contribution in [3.63, 3.8) is 0 Å². The second-order valence-corrected chi connectivity index (χ2v) is 7.41. The number of aromatic nitrogens is 5. The molecule has 1 unspecified atom stereocenters. The molecule has 3 heterocycles. The predicted molar refractivity (Wildman–Crippen MR) is 114 cm³/mol. The van der Waals surface area contributed by atoms with Crippen molar-refractivity contribution >= 4 is 11.6 Å². The van der Waals surface area contributed by atoms with Crippen LogP contribution in [0.15, 0.2) is 67.1 Å². The van der Waals surface area contributed by atoms with Crippen LogP contribution in [0.1, 0.15) is 18.5 Å². The molecule has 5 aromatic rings. The third kappa shape index (κ3) is 3.37. The molecule has 0 spiro atoms. The molecule has 2 N–H and O–H groups in total. The zero-order chi connectivity index (χ0) is 22.4. The summed E-state index contributed by atoms with van der Waals surface area (Å²) in [6, 6.07) is 11.7. The Morgan fingerprint density at radius 3 is 2.53 bits per heavy atom. The van der Waals surface area contributed by atoms with Crippen LogP contribution in [0.4, 0.5) is 19.1 Å². The molecule has 32 heavy (non-hydrogen) atoms. The Morgan fingerprint density at radius 1 is 0.969 bits per heavy atom. The minimum Gasteiger partial charge on any atom is -0.366 e. The summed E-state index contributed by atoms with van der Waals surface area (Å²) < 4.78 is 46.5. The van der Waals surface area contributed by atoms with E-state index in [1.54, 1.807) is 41.3 Å². The molecule has 160 valence electrons. The van der Waals surface area contributed by atoms with Crippen LogP contribution in [0, 0.1) is 17.5 Å². The standard InChI is InChI=1S/C23H17F3N6/c1-13(14-2-4-17(24)5-3-14)32-12-16(11-28-32)21-19(25)7-6-18(22(21)26)15-8-9-31-20(10-15)29-23(27)30-31/h2-13H,1H3,(H2,27,30). The molecule has 2 aromatic carbocycles. The van der Waals surface area contributed by atoms with Crippen LogP contribution >= 0.6 is 0 Å². The molecule has 0 bridgehead atoms. The molecule has 0 saturated heterocycles. The maximum Gasteiger partial charge on any atom is 0.240 e. The second-order valence-electron chi connectivity index (χ2n) is 7.41. The Hall–Kier alpha value is -4.14. The summed E-state index contributed by atoms with van der Waals surface area (Å²) in [5, 5.41) is 8.27. The fourth-order valence-corrected chi connectivity index (χ4v) is 3.68. The molecular weight excluding hydrogens is 417 g/mol. The number of pyridine rings is 1. The molecule has 0 aliphatic rings. The van der Waals surface area contributed by atoms with Gasteiger partial charge in [-0.3, -0.25) is 4.68 Å². The van der Waals surface area contributed by atoms with E-state index < -0.39 is 11.6 Å². The summed E-state index contributed by atoms with van der Waals surface area (Å²) in [5.41, 5.74) is 7.72. The van der Waals surface area contributed by atoms with Crippen LogP contribution in [-0.2, 0) is 0 Å². The van der Waals surface area contributed by atoms with Gasteiger partial charge in [-0.1, -0.05) is 12.1 Å². The summed E-state index contributed by atoms with van der Waals surface area (Å²) in [6.45, 7) is 1.87. The monoisotopic (exact) mass is 434 g/mol. The fraction of sp³-hybridized carbons (Fsp3) is 0.0870. The van der Waals surface area contributed by atoms with Crippen molar-refractivity contribution < 1.29 is 13.2 Å². The number of hydrogen-bond donors (Lipinski definition) is 1.